The van der Waals surface area contributed by atoms with Crippen LogP contribution in [-0.4, -0.2) is 5.75 Å². The van der Waals surface area contributed by atoms with Crippen LogP contribution in [0.1, 0.15) is 5.56 Å². The first-order chi connectivity index (χ1) is 6.15. The van der Waals surface area contributed by atoms with Crippen LogP contribution in [0.25, 0.3) is 6.08 Å². The fourth-order valence-corrected chi connectivity index (χ4v) is 0.996. The largest absolute Gasteiger partial charge is 0.396 e. The average Bonchev–Trinajstić information content (AvgIpc) is 2.09. The van der Waals surface area contributed by atoms with E-state index >= 15 is 0 Å². The second kappa shape index (κ2) is 4.28. The number of hydrogen-bond acceptors (Lipinski definition) is 2. The lowest BCUT2D eigenvalue weighted by molar-refractivity contribution is 0.584. The highest BCUT2D eigenvalue weighted by molar-refractivity contribution is 7.80. The molecule has 0 unspecified atom stereocenters. The summed E-state index contributed by atoms with van der Waals surface area (Å²) in [5.74, 6) is -0.859. The van der Waals surface area contributed by atoms with Crippen molar-refractivity contribution < 1.29 is 8.78 Å². The van der Waals surface area contributed by atoms with Crippen molar-refractivity contribution in [1.29, 1.82) is 0 Å². The molecule has 1 aromatic rings. The van der Waals surface area contributed by atoms with Crippen molar-refractivity contribution in [3.8, 4) is 0 Å². The zero-order valence-electron chi connectivity index (χ0n) is 6.80. The predicted molar refractivity (Wildman–Crippen MR) is 53.7 cm³/mol. The van der Waals surface area contributed by atoms with E-state index in [0.717, 1.165) is 6.07 Å². The van der Waals surface area contributed by atoms with Crippen LogP contribution in [0.3, 0.4) is 0 Å². The standard InChI is InChI=1S/C9H9F2NS/c10-7-5-8(11)9(12)4-6(7)2-1-3-13/h1-2,4-5,13H,3,12H2. The predicted octanol–water partition coefficient (Wildman–Crippen LogP) is 2.49. The minimum atomic E-state index is -0.736. The summed E-state index contributed by atoms with van der Waals surface area (Å²) in [5.41, 5.74) is 5.48. The molecule has 70 valence electrons. The fraction of sp³-hybridized carbons (Fsp3) is 0.111. The number of halogens is 2. The molecule has 0 radical (unpaired) electrons. The third-order valence-corrected chi connectivity index (χ3v) is 1.73. The number of anilines is 1. The molecule has 0 atom stereocenters. The van der Waals surface area contributed by atoms with Gasteiger partial charge in [-0.25, -0.2) is 8.78 Å². The third kappa shape index (κ3) is 2.45. The van der Waals surface area contributed by atoms with E-state index in [1.54, 1.807) is 6.08 Å². The van der Waals surface area contributed by atoms with Crippen LogP contribution < -0.4 is 5.73 Å². The first-order valence-electron chi connectivity index (χ1n) is 3.67. The van der Waals surface area contributed by atoms with Gasteiger partial charge in [0.2, 0.25) is 0 Å². The highest BCUT2D eigenvalue weighted by Crippen LogP contribution is 2.17. The van der Waals surface area contributed by atoms with Crippen molar-refractivity contribution in [2.75, 3.05) is 11.5 Å². The third-order valence-electron chi connectivity index (χ3n) is 1.52. The molecule has 1 nitrogen and oxygen atoms in total. The molecule has 0 aliphatic heterocycles. The Balaban J connectivity index is 3.08. The van der Waals surface area contributed by atoms with Gasteiger partial charge >= 0.3 is 0 Å². The van der Waals surface area contributed by atoms with Gasteiger partial charge in [-0.05, 0) is 6.07 Å². The molecule has 4 heteroatoms. The molecular formula is C9H9F2NS. The molecule has 1 aromatic carbocycles. The summed E-state index contributed by atoms with van der Waals surface area (Å²) >= 11 is 3.92. The van der Waals surface area contributed by atoms with Crippen LogP contribution in [0.15, 0.2) is 18.2 Å². The first-order valence-corrected chi connectivity index (χ1v) is 4.30. The van der Waals surface area contributed by atoms with Crippen molar-refractivity contribution in [1.82, 2.24) is 0 Å². The molecule has 0 bridgehead atoms. The Hall–Kier alpha value is -1.03. The van der Waals surface area contributed by atoms with Gasteiger partial charge in [-0.15, -0.1) is 0 Å². The van der Waals surface area contributed by atoms with Crippen LogP contribution in [0.4, 0.5) is 14.5 Å². The van der Waals surface area contributed by atoms with E-state index in [0.29, 0.717) is 5.75 Å². The Bertz CT molecular complexity index is 337. The van der Waals surface area contributed by atoms with Gasteiger partial charge in [-0.2, -0.15) is 12.6 Å². The van der Waals surface area contributed by atoms with Gasteiger partial charge in [-0.1, -0.05) is 12.2 Å². The van der Waals surface area contributed by atoms with Gasteiger partial charge in [0.1, 0.15) is 11.6 Å². The average molecular weight is 201 g/mol. The normalized spacial score (nSPS) is 11.0. The molecule has 13 heavy (non-hydrogen) atoms. The van der Waals surface area contributed by atoms with Crippen LogP contribution >= 0.6 is 12.6 Å². The van der Waals surface area contributed by atoms with Crippen molar-refractivity contribution in [3.05, 3.63) is 35.4 Å². The van der Waals surface area contributed by atoms with Crippen molar-refractivity contribution in [2.24, 2.45) is 0 Å². The monoisotopic (exact) mass is 201 g/mol. The molecule has 1 rings (SSSR count). The second-order valence-corrected chi connectivity index (χ2v) is 2.85. The Morgan fingerprint density at radius 1 is 1.31 bits per heavy atom. The van der Waals surface area contributed by atoms with E-state index in [9.17, 15) is 8.78 Å². The second-order valence-electron chi connectivity index (χ2n) is 2.48. The van der Waals surface area contributed by atoms with E-state index < -0.39 is 11.6 Å². The summed E-state index contributed by atoms with van der Waals surface area (Å²) in [4.78, 5) is 0. The topological polar surface area (TPSA) is 26.0 Å². The Labute approximate surface area is 80.7 Å². The molecule has 0 fully saturated rings. The van der Waals surface area contributed by atoms with Crippen molar-refractivity contribution in [3.63, 3.8) is 0 Å². The molecule has 0 amide bonds. The minimum Gasteiger partial charge on any atom is -0.396 e. The Morgan fingerprint density at radius 2 is 2.00 bits per heavy atom. The number of nitrogens with two attached hydrogens (primary N) is 1. The summed E-state index contributed by atoms with van der Waals surface area (Å²) < 4.78 is 25.7. The lowest BCUT2D eigenvalue weighted by Gasteiger charge is -2.00. The fourth-order valence-electron chi connectivity index (χ4n) is 0.891. The number of thiol groups is 1. The zero-order valence-corrected chi connectivity index (χ0v) is 7.69. The molecule has 0 heterocycles. The lowest BCUT2D eigenvalue weighted by atomic mass is 10.1. The maximum Gasteiger partial charge on any atom is 0.149 e. The molecule has 0 aromatic heterocycles. The number of benzene rings is 1. The van der Waals surface area contributed by atoms with Crippen LogP contribution in [0, 0.1) is 11.6 Å². The van der Waals surface area contributed by atoms with Gasteiger partial charge in [0, 0.05) is 17.4 Å². The summed E-state index contributed by atoms with van der Waals surface area (Å²) in [7, 11) is 0. The SMILES string of the molecule is Nc1cc(C=CCS)c(F)cc1F. The molecule has 0 aliphatic rings. The molecular weight excluding hydrogens is 192 g/mol. The highest BCUT2D eigenvalue weighted by Gasteiger charge is 2.04. The van der Waals surface area contributed by atoms with E-state index in [1.807, 2.05) is 0 Å². The van der Waals surface area contributed by atoms with Gasteiger partial charge < -0.3 is 5.73 Å². The van der Waals surface area contributed by atoms with E-state index in [-0.39, 0.29) is 11.3 Å². The molecule has 0 aliphatic carbocycles. The molecule has 0 saturated carbocycles. The number of rotatable bonds is 2. The van der Waals surface area contributed by atoms with E-state index in [2.05, 4.69) is 12.6 Å². The Morgan fingerprint density at radius 3 is 2.62 bits per heavy atom. The van der Waals surface area contributed by atoms with Crippen LogP contribution in [-0.2, 0) is 0 Å². The van der Waals surface area contributed by atoms with E-state index in [4.69, 9.17) is 5.73 Å². The number of hydrogen-bond donors (Lipinski definition) is 2. The van der Waals surface area contributed by atoms with Gasteiger partial charge in [0.05, 0.1) is 5.69 Å². The smallest absolute Gasteiger partial charge is 0.149 e. The minimum absolute atomic E-state index is 0.0554. The van der Waals surface area contributed by atoms with Gasteiger partial charge in [0.15, 0.2) is 0 Å². The van der Waals surface area contributed by atoms with Crippen LogP contribution in [0.5, 0.6) is 0 Å². The first kappa shape index (κ1) is 10.1. The zero-order chi connectivity index (χ0) is 9.84. The maximum absolute atomic E-state index is 13.0. The highest BCUT2D eigenvalue weighted by atomic mass is 32.1. The van der Waals surface area contributed by atoms with Gasteiger partial charge in [-0.3, -0.25) is 0 Å². The Kier molecular flexibility index (Phi) is 3.31. The summed E-state index contributed by atoms with van der Waals surface area (Å²) in [5, 5.41) is 0. The summed E-state index contributed by atoms with van der Waals surface area (Å²) in [6.45, 7) is 0. The van der Waals surface area contributed by atoms with E-state index in [1.165, 1.54) is 12.1 Å². The summed E-state index contributed by atoms with van der Waals surface area (Å²) in [6, 6.07) is 2.03. The van der Waals surface area contributed by atoms with Crippen molar-refractivity contribution in [2.45, 2.75) is 0 Å². The summed E-state index contributed by atoms with van der Waals surface area (Å²) in [6.07, 6.45) is 3.16. The molecule has 0 saturated heterocycles. The number of nitrogen functional groups attached to an aromatic ring is 1. The van der Waals surface area contributed by atoms with Crippen molar-refractivity contribution >= 4 is 24.4 Å². The quantitative estimate of drug-likeness (QED) is 0.558. The lowest BCUT2D eigenvalue weighted by Crippen LogP contribution is -1.93. The molecule has 0 spiro atoms. The maximum atomic E-state index is 13.0. The van der Waals surface area contributed by atoms with Crippen LogP contribution in [0.2, 0.25) is 0 Å². The van der Waals surface area contributed by atoms with Gasteiger partial charge in [0.25, 0.3) is 0 Å². The molecule has 2 N–H and O–H groups in total.